The standard InChI is InChI=1S/C15H13FN2O3/c1-8-14(20-2)13(19)12(11(7-17)15(18)21-8)9-3-5-10(16)6-4-9/h3-6,12H,18H2,1-2H3. The molecule has 6 heteroatoms. The predicted molar refractivity (Wildman–Crippen MR) is 71.8 cm³/mol. The van der Waals surface area contributed by atoms with E-state index in [4.69, 9.17) is 15.2 Å². The number of hydrogen-bond acceptors (Lipinski definition) is 5. The predicted octanol–water partition coefficient (Wildman–Crippen LogP) is 2.08. The molecule has 0 saturated heterocycles. The number of methoxy groups -OCH3 is 1. The van der Waals surface area contributed by atoms with Gasteiger partial charge in [0.2, 0.25) is 17.4 Å². The first-order valence-corrected chi connectivity index (χ1v) is 6.11. The first-order valence-electron chi connectivity index (χ1n) is 6.11. The van der Waals surface area contributed by atoms with Gasteiger partial charge in [-0.25, -0.2) is 4.39 Å². The first-order chi connectivity index (χ1) is 9.99. The zero-order chi connectivity index (χ0) is 15.6. The van der Waals surface area contributed by atoms with E-state index >= 15 is 0 Å². The van der Waals surface area contributed by atoms with E-state index < -0.39 is 17.5 Å². The summed E-state index contributed by atoms with van der Waals surface area (Å²) in [5, 5.41) is 9.28. The molecule has 108 valence electrons. The van der Waals surface area contributed by atoms with Crippen molar-refractivity contribution >= 4 is 5.78 Å². The van der Waals surface area contributed by atoms with Gasteiger partial charge in [0.25, 0.3) is 0 Å². The quantitative estimate of drug-likeness (QED) is 0.900. The number of hydrogen-bond donors (Lipinski definition) is 1. The van der Waals surface area contributed by atoms with E-state index in [9.17, 15) is 14.4 Å². The van der Waals surface area contributed by atoms with E-state index in [2.05, 4.69) is 0 Å². The molecule has 0 fully saturated rings. The summed E-state index contributed by atoms with van der Waals surface area (Å²) in [5.41, 5.74) is 6.14. The number of benzene rings is 1. The van der Waals surface area contributed by atoms with Gasteiger partial charge in [0.1, 0.15) is 23.2 Å². The summed E-state index contributed by atoms with van der Waals surface area (Å²) in [4.78, 5) is 12.6. The van der Waals surface area contributed by atoms with Crippen LogP contribution in [0.5, 0.6) is 0 Å². The van der Waals surface area contributed by atoms with Gasteiger partial charge in [-0.2, -0.15) is 5.26 Å². The Morgan fingerprint density at radius 3 is 2.52 bits per heavy atom. The van der Waals surface area contributed by atoms with Crippen LogP contribution in [0.1, 0.15) is 18.4 Å². The van der Waals surface area contributed by atoms with Crippen molar-refractivity contribution in [3.05, 3.63) is 58.6 Å². The second-order valence-corrected chi connectivity index (χ2v) is 4.43. The van der Waals surface area contributed by atoms with Gasteiger partial charge in [-0.15, -0.1) is 0 Å². The molecule has 0 amide bonds. The molecular formula is C15H13FN2O3. The Morgan fingerprint density at radius 2 is 2.00 bits per heavy atom. The Balaban J connectivity index is 2.63. The molecule has 0 radical (unpaired) electrons. The maximum atomic E-state index is 13.0. The van der Waals surface area contributed by atoms with E-state index in [1.807, 2.05) is 6.07 Å². The molecule has 1 aliphatic rings. The minimum absolute atomic E-state index is 0.0162. The van der Waals surface area contributed by atoms with Gasteiger partial charge in [0, 0.05) is 0 Å². The van der Waals surface area contributed by atoms with E-state index in [1.54, 1.807) is 0 Å². The topological polar surface area (TPSA) is 85.3 Å². The van der Waals surface area contributed by atoms with Gasteiger partial charge < -0.3 is 15.2 Å². The van der Waals surface area contributed by atoms with Crippen LogP contribution in [-0.4, -0.2) is 12.9 Å². The van der Waals surface area contributed by atoms with E-state index in [0.717, 1.165) is 0 Å². The normalized spacial score (nSPS) is 19.0. The van der Waals surface area contributed by atoms with Crippen molar-refractivity contribution in [2.75, 3.05) is 7.11 Å². The lowest BCUT2D eigenvalue weighted by atomic mass is 9.87. The number of halogens is 1. The first kappa shape index (κ1) is 14.6. The number of nitriles is 1. The minimum Gasteiger partial charge on any atom is -0.490 e. The van der Waals surface area contributed by atoms with Crippen molar-refractivity contribution in [2.24, 2.45) is 5.73 Å². The van der Waals surface area contributed by atoms with E-state index in [1.165, 1.54) is 38.3 Å². The monoisotopic (exact) mass is 288 g/mol. The average molecular weight is 288 g/mol. The van der Waals surface area contributed by atoms with Crippen molar-refractivity contribution in [3.8, 4) is 6.07 Å². The molecule has 0 aliphatic carbocycles. The van der Waals surface area contributed by atoms with E-state index in [-0.39, 0.29) is 23.0 Å². The molecule has 1 unspecified atom stereocenters. The van der Waals surface area contributed by atoms with Crippen molar-refractivity contribution in [2.45, 2.75) is 12.8 Å². The summed E-state index contributed by atoms with van der Waals surface area (Å²) in [6.07, 6.45) is 0. The van der Waals surface area contributed by atoms with Crippen molar-refractivity contribution in [1.82, 2.24) is 0 Å². The largest absolute Gasteiger partial charge is 0.490 e. The Kier molecular flexibility index (Phi) is 3.94. The lowest BCUT2D eigenvalue weighted by Gasteiger charge is -2.14. The van der Waals surface area contributed by atoms with Gasteiger partial charge in [-0.1, -0.05) is 12.1 Å². The molecule has 5 nitrogen and oxygen atoms in total. The fourth-order valence-corrected chi connectivity index (χ4v) is 2.18. The molecule has 0 saturated carbocycles. The third kappa shape index (κ3) is 2.58. The summed E-state index contributed by atoms with van der Waals surface area (Å²) >= 11 is 0. The summed E-state index contributed by atoms with van der Waals surface area (Å²) in [5.74, 6) is -1.88. The van der Waals surface area contributed by atoms with Crippen LogP contribution >= 0.6 is 0 Å². The highest BCUT2D eigenvalue weighted by atomic mass is 19.1. The maximum Gasteiger partial charge on any atom is 0.213 e. The number of rotatable bonds is 2. The smallest absolute Gasteiger partial charge is 0.213 e. The Labute approximate surface area is 121 Å². The zero-order valence-electron chi connectivity index (χ0n) is 11.5. The van der Waals surface area contributed by atoms with Crippen LogP contribution in [-0.2, 0) is 14.3 Å². The number of allylic oxidation sites excluding steroid dienone is 3. The lowest BCUT2D eigenvalue weighted by Crippen LogP contribution is -2.18. The Morgan fingerprint density at radius 1 is 1.38 bits per heavy atom. The number of ketones is 1. The van der Waals surface area contributed by atoms with Crippen LogP contribution in [0.3, 0.4) is 0 Å². The second-order valence-electron chi connectivity index (χ2n) is 4.43. The van der Waals surface area contributed by atoms with Crippen LogP contribution < -0.4 is 5.73 Å². The highest BCUT2D eigenvalue weighted by Gasteiger charge is 2.35. The number of Topliss-reactive ketones (excluding diaryl/α,β-unsaturated/α-hetero) is 1. The maximum absolute atomic E-state index is 13.0. The minimum atomic E-state index is -0.983. The van der Waals surface area contributed by atoms with Gasteiger partial charge in [0.05, 0.1) is 13.0 Å². The van der Waals surface area contributed by atoms with Crippen LogP contribution in [0.2, 0.25) is 0 Å². The molecule has 2 N–H and O–H groups in total. The van der Waals surface area contributed by atoms with E-state index in [0.29, 0.717) is 5.56 Å². The molecule has 1 aromatic carbocycles. The summed E-state index contributed by atoms with van der Waals surface area (Å²) in [6.45, 7) is 1.52. The number of nitrogens with zero attached hydrogens (tertiary/aromatic N) is 1. The van der Waals surface area contributed by atoms with Crippen molar-refractivity contribution in [1.29, 1.82) is 5.26 Å². The number of carbonyl (C=O) groups excluding carboxylic acids is 1. The molecule has 0 spiro atoms. The molecule has 0 bridgehead atoms. The molecular weight excluding hydrogens is 275 g/mol. The summed E-state index contributed by atoms with van der Waals surface area (Å²) in [6, 6.07) is 7.16. The molecule has 0 aromatic heterocycles. The molecule has 1 atom stereocenters. The molecule has 1 aliphatic heterocycles. The summed E-state index contributed by atoms with van der Waals surface area (Å²) in [7, 11) is 1.33. The van der Waals surface area contributed by atoms with Crippen molar-refractivity contribution < 1.29 is 18.7 Å². The van der Waals surface area contributed by atoms with Crippen LogP contribution in [0, 0.1) is 17.1 Å². The van der Waals surface area contributed by atoms with Crippen LogP contribution in [0.25, 0.3) is 0 Å². The van der Waals surface area contributed by atoms with Crippen molar-refractivity contribution in [3.63, 3.8) is 0 Å². The highest BCUT2D eigenvalue weighted by molar-refractivity contribution is 6.02. The fourth-order valence-electron chi connectivity index (χ4n) is 2.18. The van der Waals surface area contributed by atoms with Gasteiger partial charge in [-0.05, 0) is 24.6 Å². The second kappa shape index (κ2) is 5.67. The SMILES string of the molecule is COC1=C(C)OC(N)=C(C#N)C(c2ccc(F)cc2)C1=O. The third-order valence-corrected chi connectivity index (χ3v) is 3.15. The van der Waals surface area contributed by atoms with Gasteiger partial charge in [0.15, 0.2) is 0 Å². The van der Waals surface area contributed by atoms with Gasteiger partial charge >= 0.3 is 0 Å². The highest BCUT2D eigenvalue weighted by Crippen LogP contribution is 2.33. The Bertz CT molecular complexity index is 684. The average Bonchev–Trinajstić information content (AvgIpc) is 2.54. The molecule has 21 heavy (non-hydrogen) atoms. The number of ether oxygens (including phenoxy) is 2. The summed E-state index contributed by atoms with van der Waals surface area (Å²) < 4.78 is 23.4. The fraction of sp³-hybridized carbons (Fsp3) is 0.200. The van der Waals surface area contributed by atoms with Crippen LogP contribution in [0.15, 0.2) is 47.2 Å². The zero-order valence-corrected chi connectivity index (χ0v) is 11.5. The lowest BCUT2D eigenvalue weighted by molar-refractivity contribution is -0.119. The van der Waals surface area contributed by atoms with Crippen LogP contribution in [0.4, 0.5) is 4.39 Å². The number of carbonyl (C=O) groups is 1. The third-order valence-electron chi connectivity index (χ3n) is 3.15. The molecule has 2 rings (SSSR count). The molecule has 1 heterocycles. The number of nitrogens with two attached hydrogens (primary N) is 1. The molecule has 1 aromatic rings. The Hall–Kier alpha value is -2.81. The van der Waals surface area contributed by atoms with Gasteiger partial charge in [-0.3, -0.25) is 4.79 Å².